The van der Waals surface area contributed by atoms with Gasteiger partial charge < -0.3 is 24.9 Å². The van der Waals surface area contributed by atoms with Gasteiger partial charge in [-0.25, -0.2) is 0 Å². The summed E-state index contributed by atoms with van der Waals surface area (Å²) in [5, 5.41) is 17.6. The Morgan fingerprint density at radius 1 is 1.28 bits per heavy atom. The molecule has 2 rings (SSSR count). The SMILES string of the molecule is COc1ccc(CCNC(=O)Cn2nc(C)cc2[N+](=O)[O-])cc1OC. The Hall–Kier alpha value is -3.10. The lowest BCUT2D eigenvalue weighted by atomic mass is 10.1. The second kappa shape index (κ2) is 8.13. The first-order chi connectivity index (χ1) is 11.9. The Kier molecular flexibility index (Phi) is 5.93. The van der Waals surface area contributed by atoms with E-state index in [1.807, 2.05) is 12.1 Å². The molecule has 2 aromatic rings. The average molecular weight is 348 g/mol. The van der Waals surface area contributed by atoms with Crippen LogP contribution in [0.15, 0.2) is 24.3 Å². The van der Waals surface area contributed by atoms with E-state index in [2.05, 4.69) is 10.4 Å². The van der Waals surface area contributed by atoms with Crippen LogP contribution < -0.4 is 14.8 Å². The van der Waals surface area contributed by atoms with Crippen LogP contribution in [0, 0.1) is 17.0 Å². The first kappa shape index (κ1) is 18.2. The lowest BCUT2D eigenvalue weighted by Gasteiger charge is -2.10. The first-order valence-electron chi connectivity index (χ1n) is 7.61. The number of aryl methyl sites for hydroxylation is 1. The number of aromatic nitrogens is 2. The van der Waals surface area contributed by atoms with Crippen molar-refractivity contribution in [3.8, 4) is 11.5 Å². The van der Waals surface area contributed by atoms with Gasteiger partial charge in [0.15, 0.2) is 18.0 Å². The predicted molar refractivity (Wildman–Crippen MR) is 89.9 cm³/mol. The second-order valence-corrected chi connectivity index (χ2v) is 5.35. The fraction of sp³-hybridized carbons (Fsp3) is 0.375. The number of benzene rings is 1. The number of carbonyl (C=O) groups excluding carboxylic acids is 1. The van der Waals surface area contributed by atoms with Crippen LogP contribution in [-0.4, -0.2) is 41.4 Å². The van der Waals surface area contributed by atoms with Crippen LogP contribution in [-0.2, 0) is 17.8 Å². The fourth-order valence-electron chi connectivity index (χ4n) is 2.37. The summed E-state index contributed by atoms with van der Waals surface area (Å²) in [6.07, 6.45) is 0.590. The van der Waals surface area contributed by atoms with Crippen molar-refractivity contribution in [3.63, 3.8) is 0 Å². The normalized spacial score (nSPS) is 10.4. The molecule has 0 spiro atoms. The van der Waals surface area contributed by atoms with Gasteiger partial charge in [-0.1, -0.05) is 11.2 Å². The van der Waals surface area contributed by atoms with Crippen LogP contribution in [0.25, 0.3) is 0 Å². The van der Waals surface area contributed by atoms with E-state index in [1.165, 1.54) is 6.07 Å². The predicted octanol–water partition coefficient (Wildman–Crippen LogP) is 1.48. The van der Waals surface area contributed by atoms with Gasteiger partial charge in [0.25, 0.3) is 5.91 Å². The summed E-state index contributed by atoms with van der Waals surface area (Å²) in [5.74, 6) is 0.713. The topological polar surface area (TPSA) is 109 Å². The molecular weight excluding hydrogens is 328 g/mol. The van der Waals surface area contributed by atoms with Gasteiger partial charge in [0.2, 0.25) is 0 Å². The van der Waals surface area contributed by atoms with Gasteiger partial charge >= 0.3 is 5.82 Å². The number of hydrogen-bond donors (Lipinski definition) is 1. The average Bonchev–Trinajstić information content (AvgIpc) is 2.95. The van der Waals surface area contributed by atoms with Gasteiger partial charge in [-0.05, 0) is 36.0 Å². The van der Waals surface area contributed by atoms with Crippen LogP contribution in [0.5, 0.6) is 11.5 Å². The molecule has 9 nitrogen and oxygen atoms in total. The molecule has 1 amide bonds. The highest BCUT2D eigenvalue weighted by Crippen LogP contribution is 2.27. The molecule has 0 aliphatic carbocycles. The minimum absolute atomic E-state index is 0.198. The fourth-order valence-corrected chi connectivity index (χ4v) is 2.37. The molecule has 0 saturated heterocycles. The molecule has 0 atom stereocenters. The lowest BCUT2D eigenvalue weighted by molar-refractivity contribution is -0.392. The molecule has 1 N–H and O–H groups in total. The van der Waals surface area contributed by atoms with Crippen molar-refractivity contribution in [1.29, 1.82) is 0 Å². The van der Waals surface area contributed by atoms with Crippen LogP contribution in [0.1, 0.15) is 11.3 Å². The quantitative estimate of drug-likeness (QED) is 0.572. The summed E-state index contributed by atoms with van der Waals surface area (Å²) >= 11 is 0. The summed E-state index contributed by atoms with van der Waals surface area (Å²) in [4.78, 5) is 22.3. The number of amides is 1. The van der Waals surface area contributed by atoms with Gasteiger partial charge in [-0.15, -0.1) is 4.68 Å². The van der Waals surface area contributed by atoms with Crippen molar-refractivity contribution in [2.45, 2.75) is 19.9 Å². The molecule has 9 heteroatoms. The number of nitrogens with one attached hydrogen (secondary N) is 1. The van der Waals surface area contributed by atoms with Gasteiger partial charge in [0.05, 0.1) is 26.0 Å². The molecule has 0 aliphatic heterocycles. The van der Waals surface area contributed by atoms with Crippen LogP contribution in [0.3, 0.4) is 0 Å². The maximum absolute atomic E-state index is 12.0. The van der Waals surface area contributed by atoms with Crippen LogP contribution in [0.2, 0.25) is 0 Å². The van der Waals surface area contributed by atoms with E-state index in [4.69, 9.17) is 9.47 Å². The molecule has 0 saturated carbocycles. The third-order valence-corrected chi connectivity index (χ3v) is 3.55. The summed E-state index contributed by atoms with van der Waals surface area (Å²) in [7, 11) is 3.12. The van der Waals surface area contributed by atoms with Crippen LogP contribution in [0.4, 0.5) is 5.82 Å². The molecule has 0 aliphatic rings. The van der Waals surface area contributed by atoms with Gasteiger partial charge in [-0.2, -0.15) is 0 Å². The van der Waals surface area contributed by atoms with Crippen molar-refractivity contribution in [2.24, 2.45) is 0 Å². The van der Waals surface area contributed by atoms with E-state index in [-0.39, 0.29) is 18.3 Å². The smallest absolute Gasteiger partial charge is 0.345 e. The third kappa shape index (κ3) is 4.69. The maximum Gasteiger partial charge on any atom is 0.345 e. The Bertz CT molecular complexity index is 772. The van der Waals surface area contributed by atoms with Crippen molar-refractivity contribution in [3.05, 3.63) is 45.6 Å². The zero-order valence-corrected chi connectivity index (χ0v) is 14.3. The maximum atomic E-state index is 12.0. The summed E-state index contributed by atoms with van der Waals surface area (Å²) in [5.41, 5.74) is 1.46. The van der Waals surface area contributed by atoms with E-state index in [0.717, 1.165) is 10.2 Å². The molecule has 1 aromatic carbocycles. The molecule has 134 valence electrons. The molecule has 0 unspecified atom stereocenters. The Labute approximate surface area is 144 Å². The number of methoxy groups -OCH3 is 2. The number of carbonyl (C=O) groups is 1. The third-order valence-electron chi connectivity index (χ3n) is 3.55. The minimum atomic E-state index is -0.559. The largest absolute Gasteiger partial charge is 0.493 e. The molecule has 0 bridgehead atoms. The van der Waals surface area contributed by atoms with Crippen molar-refractivity contribution >= 4 is 11.7 Å². The number of ether oxygens (including phenoxy) is 2. The van der Waals surface area contributed by atoms with Crippen molar-refractivity contribution in [2.75, 3.05) is 20.8 Å². The number of nitrogens with zero attached hydrogens (tertiary/aromatic N) is 3. The van der Waals surface area contributed by atoms with Gasteiger partial charge in [-0.3, -0.25) is 4.79 Å². The standard InChI is InChI=1S/C16H20N4O5/c1-11-8-16(20(22)23)19(18-11)10-15(21)17-7-6-12-4-5-13(24-2)14(9-12)25-3/h4-5,8-9H,6-7,10H2,1-3H3,(H,17,21). The van der Waals surface area contributed by atoms with Crippen LogP contribution >= 0.6 is 0 Å². The summed E-state index contributed by atoms with van der Waals surface area (Å²) in [6.45, 7) is 1.83. The summed E-state index contributed by atoms with van der Waals surface area (Å²) < 4.78 is 11.5. The molecule has 1 heterocycles. The first-order valence-corrected chi connectivity index (χ1v) is 7.61. The van der Waals surface area contributed by atoms with Gasteiger partial charge in [0.1, 0.15) is 0 Å². The molecule has 1 aromatic heterocycles. The number of rotatable bonds is 8. The highest BCUT2D eigenvalue weighted by atomic mass is 16.6. The second-order valence-electron chi connectivity index (χ2n) is 5.35. The van der Waals surface area contributed by atoms with E-state index >= 15 is 0 Å². The van der Waals surface area contributed by atoms with Crippen molar-refractivity contribution < 1.29 is 19.2 Å². The minimum Gasteiger partial charge on any atom is -0.493 e. The number of nitro groups is 1. The Morgan fingerprint density at radius 2 is 2.00 bits per heavy atom. The number of hydrogen-bond acceptors (Lipinski definition) is 6. The monoisotopic (exact) mass is 348 g/mol. The Balaban J connectivity index is 1.90. The Morgan fingerprint density at radius 3 is 2.64 bits per heavy atom. The van der Waals surface area contributed by atoms with Crippen molar-refractivity contribution in [1.82, 2.24) is 15.1 Å². The molecular formula is C16H20N4O5. The lowest BCUT2D eigenvalue weighted by Crippen LogP contribution is -2.30. The summed E-state index contributed by atoms with van der Waals surface area (Å²) in [6, 6.07) is 6.85. The molecule has 0 radical (unpaired) electrons. The van der Waals surface area contributed by atoms with Gasteiger partial charge in [0, 0.05) is 6.54 Å². The van der Waals surface area contributed by atoms with E-state index < -0.39 is 4.92 Å². The highest BCUT2D eigenvalue weighted by Gasteiger charge is 2.19. The van der Waals surface area contributed by atoms with E-state index in [1.54, 1.807) is 27.2 Å². The molecule has 25 heavy (non-hydrogen) atoms. The van der Waals surface area contributed by atoms with E-state index in [9.17, 15) is 14.9 Å². The molecule has 0 fully saturated rings. The zero-order chi connectivity index (χ0) is 18.4. The highest BCUT2D eigenvalue weighted by molar-refractivity contribution is 5.75. The zero-order valence-electron chi connectivity index (χ0n) is 14.3. The van der Waals surface area contributed by atoms with E-state index in [0.29, 0.717) is 30.2 Å².